The molecular weight excluding hydrogens is 176 g/mol. The lowest BCUT2D eigenvalue weighted by Crippen LogP contribution is -2.20. The highest BCUT2D eigenvalue weighted by atomic mass is 16.1. The zero-order valence-corrected chi connectivity index (χ0v) is 8.36. The van der Waals surface area contributed by atoms with E-state index in [-0.39, 0.29) is 11.9 Å². The minimum atomic E-state index is -0.0477. The van der Waals surface area contributed by atoms with E-state index in [1.165, 1.54) is 0 Å². The normalized spacial score (nSPS) is 12.1. The fourth-order valence-electron chi connectivity index (χ4n) is 1.28. The molecule has 0 fully saturated rings. The fraction of sp³-hybridized carbons (Fsp3) is 0.364. The van der Waals surface area contributed by atoms with Crippen molar-refractivity contribution in [3.63, 3.8) is 0 Å². The van der Waals surface area contributed by atoms with Crippen LogP contribution in [0.25, 0.3) is 0 Å². The first-order valence-corrected chi connectivity index (χ1v) is 4.75. The smallest absolute Gasteiger partial charge is 0.219 e. The standard InChI is InChI=1S/C11H16N2O/c1-13-11(14)8-7-10(12)9-5-3-2-4-6-9/h2-6,10H,7-8,12H2,1H3,(H,13,14). The number of carbonyl (C=O) groups excluding carboxylic acids is 1. The Morgan fingerprint density at radius 3 is 2.64 bits per heavy atom. The van der Waals surface area contributed by atoms with Gasteiger partial charge in [-0.3, -0.25) is 4.79 Å². The molecule has 3 nitrogen and oxygen atoms in total. The van der Waals surface area contributed by atoms with Gasteiger partial charge in [0.1, 0.15) is 0 Å². The van der Waals surface area contributed by atoms with Crippen molar-refractivity contribution in [1.29, 1.82) is 0 Å². The molecule has 3 heteroatoms. The van der Waals surface area contributed by atoms with Crippen LogP contribution in [-0.4, -0.2) is 13.0 Å². The number of hydrogen-bond donors (Lipinski definition) is 2. The quantitative estimate of drug-likeness (QED) is 0.753. The SMILES string of the molecule is CNC(=O)CCC(N)c1ccccc1. The van der Waals surface area contributed by atoms with Gasteiger partial charge >= 0.3 is 0 Å². The van der Waals surface area contributed by atoms with Gasteiger partial charge in [-0.15, -0.1) is 0 Å². The van der Waals surface area contributed by atoms with Crippen LogP contribution in [0, 0.1) is 0 Å². The lowest BCUT2D eigenvalue weighted by Gasteiger charge is -2.10. The first-order valence-electron chi connectivity index (χ1n) is 4.75. The Morgan fingerprint density at radius 2 is 2.07 bits per heavy atom. The van der Waals surface area contributed by atoms with E-state index in [1.807, 2.05) is 30.3 Å². The topological polar surface area (TPSA) is 55.1 Å². The summed E-state index contributed by atoms with van der Waals surface area (Å²) >= 11 is 0. The fourth-order valence-corrected chi connectivity index (χ4v) is 1.28. The van der Waals surface area contributed by atoms with Crippen LogP contribution in [0.1, 0.15) is 24.4 Å². The highest BCUT2D eigenvalue weighted by molar-refractivity contribution is 5.75. The zero-order valence-electron chi connectivity index (χ0n) is 8.36. The Labute approximate surface area is 84.3 Å². The third-order valence-corrected chi connectivity index (χ3v) is 2.19. The molecule has 0 aliphatic heterocycles. The molecule has 1 atom stereocenters. The van der Waals surface area contributed by atoms with E-state index in [0.29, 0.717) is 12.8 Å². The van der Waals surface area contributed by atoms with E-state index in [1.54, 1.807) is 7.05 Å². The van der Waals surface area contributed by atoms with Crippen LogP contribution in [0.5, 0.6) is 0 Å². The number of carbonyl (C=O) groups is 1. The third kappa shape index (κ3) is 3.18. The van der Waals surface area contributed by atoms with Crippen LogP contribution in [0.2, 0.25) is 0 Å². The van der Waals surface area contributed by atoms with Crippen molar-refractivity contribution in [2.75, 3.05) is 7.05 Å². The lowest BCUT2D eigenvalue weighted by atomic mass is 10.0. The van der Waals surface area contributed by atoms with Crippen molar-refractivity contribution in [3.8, 4) is 0 Å². The maximum Gasteiger partial charge on any atom is 0.219 e. The monoisotopic (exact) mass is 192 g/mol. The number of hydrogen-bond acceptors (Lipinski definition) is 2. The van der Waals surface area contributed by atoms with Gasteiger partial charge in [-0.25, -0.2) is 0 Å². The summed E-state index contributed by atoms with van der Waals surface area (Å²) in [7, 11) is 1.64. The Bertz CT molecular complexity index is 285. The van der Waals surface area contributed by atoms with Gasteiger partial charge in [0.25, 0.3) is 0 Å². The second-order valence-electron chi connectivity index (χ2n) is 3.23. The number of rotatable bonds is 4. The van der Waals surface area contributed by atoms with E-state index >= 15 is 0 Å². The highest BCUT2D eigenvalue weighted by Gasteiger charge is 2.07. The largest absolute Gasteiger partial charge is 0.359 e. The van der Waals surface area contributed by atoms with Gasteiger partial charge in [0.2, 0.25) is 5.91 Å². The molecule has 3 N–H and O–H groups in total. The van der Waals surface area contributed by atoms with E-state index in [2.05, 4.69) is 5.32 Å². The van der Waals surface area contributed by atoms with Crippen LogP contribution in [0.3, 0.4) is 0 Å². The van der Waals surface area contributed by atoms with Gasteiger partial charge in [-0.05, 0) is 12.0 Å². The Kier molecular flexibility index (Phi) is 4.13. The molecule has 0 radical (unpaired) electrons. The zero-order chi connectivity index (χ0) is 10.4. The molecule has 0 aromatic heterocycles. The number of nitrogens with two attached hydrogens (primary N) is 1. The van der Waals surface area contributed by atoms with Crippen molar-refractivity contribution < 1.29 is 4.79 Å². The van der Waals surface area contributed by atoms with E-state index in [0.717, 1.165) is 5.56 Å². The Balaban J connectivity index is 2.43. The summed E-state index contributed by atoms with van der Waals surface area (Å²) in [5, 5.41) is 2.58. The molecule has 0 heterocycles. The first-order chi connectivity index (χ1) is 6.74. The maximum absolute atomic E-state index is 11.0. The minimum absolute atomic E-state index is 0.0383. The van der Waals surface area contributed by atoms with Gasteiger partial charge in [-0.1, -0.05) is 30.3 Å². The van der Waals surface area contributed by atoms with E-state index in [9.17, 15) is 4.79 Å². The molecule has 1 amide bonds. The van der Waals surface area contributed by atoms with E-state index in [4.69, 9.17) is 5.73 Å². The maximum atomic E-state index is 11.0. The molecule has 14 heavy (non-hydrogen) atoms. The van der Waals surface area contributed by atoms with Crippen LogP contribution < -0.4 is 11.1 Å². The van der Waals surface area contributed by atoms with Crippen molar-refractivity contribution >= 4 is 5.91 Å². The van der Waals surface area contributed by atoms with Gasteiger partial charge in [0.15, 0.2) is 0 Å². The predicted molar refractivity (Wildman–Crippen MR) is 56.7 cm³/mol. The average molecular weight is 192 g/mol. The molecule has 1 unspecified atom stereocenters. The van der Waals surface area contributed by atoms with Crippen molar-refractivity contribution in [2.45, 2.75) is 18.9 Å². The summed E-state index contributed by atoms with van der Waals surface area (Å²) in [6.45, 7) is 0. The summed E-state index contributed by atoms with van der Waals surface area (Å²) in [4.78, 5) is 11.0. The van der Waals surface area contributed by atoms with Crippen molar-refractivity contribution in [2.24, 2.45) is 5.73 Å². The van der Waals surface area contributed by atoms with Gasteiger partial charge in [0.05, 0.1) is 0 Å². The molecule has 1 aromatic rings. The molecule has 0 bridgehead atoms. The third-order valence-electron chi connectivity index (χ3n) is 2.19. The summed E-state index contributed by atoms with van der Waals surface area (Å²) in [6.07, 6.45) is 1.16. The average Bonchev–Trinajstić information content (AvgIpc) is 2.26. The minimum Gasteiger partial charge on any atom is -0.359 e. The van der Waals surface area contributed by atoms with Crippen molar-refractivity contribution in [3.05, 3.63) is 35.9 Å². The predicted octanol–water partition coefficient (Wildman–Crippen LogP) is 1.21. The van der Waals surface area contributed by atoms with Gasteiger partial charge < -0.3 is 11.1 Å². The summed E-state index contributed by atoms with van der Waals surface area (Å²) in [6, 6.07) is 9.77. The molecule has 0 aliphatic carbocycles. The molecule has 1 aromatic carbocycles. The number of nitrogens with one attached hydrogen (secondary N) is 1. The molecule has 76 valence electrons. The number of benzene rings is 1. The second kappa shape index (κ2) is 5.40. The van der Waals surface area contributed by atoms with Crippen LogP contribution in [0.15, 0.2) is 30.3 Å². The molecule has 0 saturated carbocycles. The lowest BCUT2D eigenvalue weighted by molar-refractivity contribution is -0.120. The highest BCUT2D eigenvalue weighted by Crippen LogP contribution is 2.14. The molecule has 1 rings (SSSR count). The van der Waals surface area contributed by atoms with Crippen LogP contribution in [0.4, 0.5) is 0 Å². The van der Waals surface area contributed by atoms with Gasteiger partial charge in [0, 0.05) is 19.5 Å². The van der Waals surface area contributed by atoms with Crippen LogP contribution in [-0.2, 0) is 4.79 Å². The Hall–Kier alpha value is -1.35. The Morgan fingerprint density at radius 1 is 1.43 bits per heavy atom. The molecule has 0 aliphatic rings. The summed E-state index contributed by atoms with van der Waals surface area (Å²) < 4.78 is 0. The molecular formula is C11H16N2O. The molecule has 0 spiro atoms. The summed E-state index contributed by atoms with van der Waals surface area (Å²) in [5.41, 5.74) is 7.00. The van der Waals surface area contributed by atoms with E-state index < -0.39 is 0 Å². The molecule has 0 saturated heterocycles. The first kappa shape index (κ1) is 10.7. The second-order valence-corrected chi connectivity index (χ2v) is 3.23. The summed E-state index contributed by atoms with van der Waals surface area (Å²) in [5.74, 6) is 0.0383. The van der Waals surface area contributed by atoms with Crippen LogP contribution >= 0.6 is 0 Å². The number of amides is 1. The van der Waals surface area contributed by atoms with Gasteiger partial charge in [-0.2, -0.15) is 0 Å². The van der Waals surface area contributed by atoms with Crippen molar-refractivity contribution in [1.82, 2.24) is 5.32 Å².